The third-order valence-corrected chi connectivity index (χ3v) is 3.77. The number of halogens is 2. The zero-order valence-corrected chi connectivity index (χ0v) is 13.1. The normalized spacial score (nSPS) is 12.8. The molecule has 0 amide bonds. The SMILES string of the molecule is CCCNC(CCC)c1cc(Br)ccc1Br. The van der Waals surface area contributed by atoms with Gasteiger partial charge in [0.05, 0.1) is 0 Å². The number of hydrogen-bond acceptors (Lipinski definition) is 1. The van der Waals surface area contributed by atoms with E-state index in [0.717, 1.165) is 11.0 Å². The van der Waals surface area contributed by atoms with Crippen LogP contribution in [-0.2, 0) is 0 Å². The Morgan fingerprint density at radius 3 is 2.56 bits per heavy atom. The van der Waals surface area contributed by atoms with Gasteiger partial charge in [0.1, 0.15) is 0 Å². The maximum atomic E-state index is 3.63. The van der Waals surface area contributed by atoms with E-state index in [1.54, 1.807) is 0 Å². The summed E-state index contributed by atoms with van der Waals surface area (Å²) in [6, 6.07) is 6.83. The topological polar surface area (TPSA) is 12.0 Å². The van der Waals surface area contributed by atoms with Crippen LogP contribution in [0.5, 0.6) is 0 Å². The molecule has 0 saturated heterocycles. The van der Waals surface area contributed by atoms with Crippen LogP contribution in [0, 0.1) is 0 Å². The molecule has 0 heterocycles. The minimum absolute atomic E-state index is 0.455. The first-order valence-corrected chi connectivity index (χ1v) is 7.46. The van der Waals surface area contributed by atoms with Crippen LogP contribution in [0.15, 0.2) is 27.1 Å². The van der Waals surface area contributed by atoms with Gasteiger partial charge < -0.3 is 5.32 Å². The average Bonchev–Trinajstić information content (AvgIpc) is 2.28. The molecule has 0 aromatic heterocycles. The second kappa shape index (κ2) is 7.46. The summed E-state index contributed by atoms with van der Waals surface area (Å²) in [5.74, 6) is 0. The van der Waals surface area contributed by atoms with Crippen LogP contribution in [0.2, 0.25) is 0 Å². The van der Waals surface area contributed by atoms with Crippen LogP contribution in [0.4, 0.5) is 0 Å². The van der Waals surface area contributed by atoms with Crippen molar-refractivity contribution >= 4 is 31.9 Å². The van der Waals surface area contributed by atoms with Crippen molar-refractivity contribution in [3.8, 4) is 0 Å². The van der Waals surface area contributed by atoms with E-state index in [4.69, 9.17) is 0 Å². The molecule has 0 saturated carbocycles. The Morgan fingerprint density at radius 1 is 1.19 bits per heavy atom. The van der Waals surface area contributed by atoms with Gasteiger partial charge in [0.15, 0.2) is 0 Å². The summed E-state index contributed by atoms with van der Waals surface area (Å²) in [7, 11) is 0. The Bertz CT molecular complexity index is 326. The monoisotopic (exact) mass is 347 g/mol. The minimum Gasteiger partial charge on any atom is -0.310 e. The molecule has 1 N–H and O–H groups in total. The highest BCUT2D eigenvalue weighted by Gasteiger charge is 2.12. The number of hydrogen-bond donors (Lipinski definition) is 1. The van der Waals surface area contributed by atoms with E-state index in [0.29, 0.717) is 6.04 Å². The molecule has 0 bridgehead atoms. The molecule has 16 heavy (non-hydrogen) atoms. The third kappa shape index (κ3) is 4.19. The van der Waals surface area contributed by atoms with Gasteiger partial charge in [-0.05, 0) is 43.1 Å². The predicted octanol–water partition coefficient (Wildman–Crippen LogP) is 5.05. The quantitative estimate of drug-likeness (QED) is 0.758. The fraction of sp³-hybridized carbons (Fsp3) is 0.538. The maximum Gasteiger partial charge on any atom is 0.0331 e. The lowest BCUT2D eigenvalue weighted by molar-refractivity contribution is 0.492. The molecule has 1 nitrogen and oxygen atoms in total. The molecule has 1 atom stereocenters. The molecule has 3 heteroatoms. The van der Waals surface area contributed by atoms with Crippen LogP contribution in [0.25, 0.3) is 0 Å². The minimum atomic E-state index is 0.455. The van der Waals surface area contributed by atoms with Crippen LogP contribution in [-0.4, -0.2) is 6.54 Å². The number of benzene rings is 1. The lowest BCUT2D eigenvalue weighted by Crippen LogP contribution is -2.22. The van der Waals surface area contributed by atoms with Gasteiger partial charge >= 0.3 is 0 Å². The summed E-state index contributed by atoms with van der Waals surface area (Å²) in [5, 5.41) is 3.60. The summed E-state index contributed by atoms with van der Waals surface area (Å²) < 4.78 is 2.34. The summed E-state index contributed by atoms with van der Waals surface area (Å²) in [5.41, 5.74) is 1.35. The molecule has 1 rings (SSSR count). The molecular weight excluding hydrogens is 330 g/mol. The van der Waals surface area contributed by atoms with Crippen molar-refractivity contribution in [2.45, 2.75) is 39.2 Å². The first kappa shape index (κ1) is 14.2. The highest BCUT2D eigenvalue weighted by molar-refractivity contribution is 9.11. The average molecular weight is 349 g/mol. The van der Waals surface area contributed by atoms with E-state index in [2.05, 4.69) is 69.2 Å². The van der Waals surface area contributed by atoms with Gasteiger partial charge in [-0.1, -0.05) is 52.1 Å². The Kier molecular flexibility index (Phi) is 6.62. The molecule has 0 aliphatic rings. The molecule has 1 aromatic carbocycles. The predicted molar refractivity (Wildman–Crippen MR) is 77.8 cm³/mol. The summed E-state index contributed by atoms with van der Waals surface area (Å²) in [6.07, 6.45) is 3.54. The number of rotatable bonds is 6. The smallest absolute Gasteiger partial charge is 0.0331 e. The highest BCUT2D eigenvalue weighted by Crippen LogP contribution is 2.29. The van der Waals surface area contributed by atoms with Gasteiger partial charge in [-0.15, -0.1) is 0 Å². The van der Waals surface area contributed by atoms with Gasteiger partial charge in [0.2, 0.25) is 0 Å². The molecule has 0 fully saturated rings. The Balaban J connectivity index is 2.85. The molecular formula is C13H19Br2N. The van der Waals surface area contributed by atoms with Crippen LogP contribution in [0.1, 0.15) is 44.7 Å². The first-order chi connectivity index (χ1) is 7.69. The van der Waals surface area contributed by atoms with Gasteiger partial charge in [0.25, 0.3) is 0 Å². The molecule has 0 radical (unpaired) electrons. The summed E-state index contributed by atoms with van der Waals surface area (Å²) in [6.45, 7) is 5.50. The van der Waals surface area contributed by atoms with Crippen molar-refractivity contribution in [2.75, 3.05) is 6.54 Å². The third-order valence-electron chi connectivity index (χ3n) is 2.55. The van der Waals surface area contributed by atoms with E-state index in [1.165, 1.54) is 29.3 Å². The van der Waals surface area contributed by atoms with Gasteiger partial charge in [-0.25, -0.2) is 0 Å². The fourth-order valence-electron chi connectivity index (χ4n) is 1.76. The second-order valence-electron chi connectivity index (χ2n) is 3.96. The molecule has 0 spiro atoms. The molecule has 1 unspecified atom stereocenters. The van der Waals surface area contributed by atoms with E-state index in [1.807, 2.05) is 0 Å². The molecule has 0 aliphatic carbocycles. The molecule has 0 aliphatic heterocycles. The molecule has 1 aromatic rings. The highest BCUT2D eigenvalue weighted by atomic mass is 79.9. The Labute approximate surface area is 115 Å². The first-order valence-electron chi connectivity index (χ1n) is 5.87. The van der Waals surface area contributed by atoms with E-state index in [-0.39, 0.29) is 0 Å². The van der Waals surface area contributed by atoms with E-state index >= 15 is 0 Å². The second-order valence-corrected chi connectivity index (χ2v) is 5.73. The Morgan fingerprint density at radius 2 is 1.94 bits per heavy atom. The number of nitrogens with one attached hydrogen (secondary N) is 1. The van der Waals surface area contributed by atoms with E-state index < -0.39 is 0 Å². The standard InChI is InChI=1S/C13H19Br2N/c1-3-5-13(16-8-4-2)11-9-10(14)6-7-12(11)15/h6-7,9,13,16H,3-5,8H2,1-2H3. The van der Waals surface area contributed by atoms with Crippen LogP contribution >= 0.6 is 31.9 Å². The Hall–Kier alpha value is 0.140. The fourth-order valence-corrected chi connectivity index (χ4v) is 2.66. The lowest BCUT2D eigenvalue weighted by atomic mass is 10.0. The van der Waals surface area contributed by atoms with Crippen molar-refractivity contribution in [1.82, 2.24) is 5.32 Å². The van der Waals surface area contributed by atoms with Crippen molar-refractivity contribution in [3.63, 3.8) is 0 Å². The van der Waals surface area contributed by atoms with Crippen LogP contribution in [0.3, 0.4) is 0 Å². The summed E-state index contributed by atoms with van der Waals surface area (Å²) >= 11 is 7.17. The summed E-state index contributed by atoms with van der Waals surface area (Å²) in [4.78, 5) is 0. The zero-order chi connectivity index (χ0) is 12.0. The molecule has 90 valence electrons. The van der Waals surface area contributed by atoms with E-state index in [9.17, 15) is 0 Å². The van der Waals surface area contributed by atoms with Gasteiger partial charge in [0, 0.05) is 15.0 Å². The van der Waals surface area contributed by atoms with Crippen molar-refractivity contribution in [2.24, 2.45) is 0 Å². The lowest BCUT2D eigenvalue weighted by Gasteiger charge is -2.20. The van der Waals surface area contributed by atoms with Crippen molar-refractivity contribution < 1.29 is 0 Å². The van der Waals surface area contributed by atoms with Crippen LogP contribution < -0.4 is 5.32 Å². The van der Waals surface area contributed by atoms with Crippen molar-refractivity contribution in [1.29, 1.82) is 0 Å². The van der Waals surface area contributed by atoms with Crippen molar-refractivity contribution in [3.05, 3.63) is 32.7 Å². The van der Waals surface area contributed by atoms with Gasteiger partial charge in [-0.2, -0.15) is 0 Å². The largest absolute Gasteiger partial charge is 0.310 e. The maximum absolute atomic E-state index is 3.63. The zero-order valence-electron chi connectivity index (χ0n) is 9.89. The van der Waals surface area contributed by atoms with Gasteiger partial charge in [-0.3, -0.25) is 0 Å².